The largest absolute Gasteiger partial charge is 0.341 e. The van der Waals surface area contributed by atoms with Gasteiger partial charge in [-0.3, -0.25) is 4.79 Å². The molecule has 1 amide bonds. The van der Waals surface area contributed by atoms with Crippen LogP contribution in [0.15, 0.2) is 30.3 Å². The number of nitrogens with zero attached hydrogens (tertiary/aromatic N) is 3. The lowest BCUT2D eigenvalue weighted by Crippen LogP contribution is -2.46. The average molecular weight is 311 g/mol. The molecule has 0 bridgehead atoms. The highest BCUT2D eigenvalue weighted by molar-refractivity contribution is 7.90. The van der Waals surface area contributed by atoms with E-state index >= 15 is 0 Å². The highest BCUT2D eigenvalue weighted by Crippen LogP contribution is 2.19. The van der Waals surface area contributed by atoms with Gasteiger partial charge in [-0.15, -0.1) is 0 Å². The highest BCUT2D eigenvalue weighted by atomic mass is 32.2. The van der Waals surface area contributed by atoms with Gasteiger partial charge in [-0.1, -0.05) is 18.2 Å². The maximum atomic E-state index is 12.5. The lowest BCUT2D eigenvalue weighted by atomic mass is 10.3. The Morgan fingerprint density at radius 1 is 1.14 bits per heavy atom. The molecule has 21 heavy (non-hydrogen) atoms. The number of carbonyl (C=O) groups excluding carboxylic acids is 1. The van der Waals surface area contributed by atoms with Crippen LogP contribution in [-0.4, -0.2) is 57.3 Å². The number of hydrogen-bond donors (Lipinski definition) is 0. The van der Waals surface area contributed by atoms with E-state index in [1.54, 1.807) is 29.2 Å². The first kappa shape index (κ1) is 15.8. The van der Waals surface area contributed by atoms with Crippen LogP contribution in [0.1, 0.15) is 12.8 Å². The molecule has 1 aromatic carbocycles. The predicted octanol–water partition coefficient (Wildman–Crippen LogP) is 0.922. The Hall–Kier alpha value is -1.60. The van der Waals surface area contributed by atoms with Crippen molar-refractivity contribution in [3.05, 3.63) is 30.3 Å². The van der Waals surface area contributed by atoms with E-state index in [4.69, 9.17) is 0 Å². The Labute approximate surface area is 126 Å². The highest BCUT2D eigenvalue weighted by Gasteiger charge is 2.29. The van der Waals surface area contributed by atoms with E-state index < -0.39 is 10.2 Å². The van der Waals surface area contributed by atoms with Crippen LogP contribution >= 0.6 is 0 Å². The molecular formula is C14H21N3O3S. The number of carbonyl (C=O) groups is 1. The summed E-state index contributed by atoms with van der Waals surface area (Å²) in [7, 11) is -0.770. The van der Waals surface area contributed by atoms with Crippen LogP contribution in [0.5, 0.6) is 0 Å². The van der Waals surface area contributed by atoms with Crippen LogP contribution in [0.2, 0.25) is 0 Å². The van der Waals surface area contributed by atoms with Crippen molar-refractivity contribution in [3.8, 4) is 0 Å². The molecule has 0 aliphatic carbocycles. The molecule has 0 aromatic heterocycles. The topological polar surface area (TPSA) is 60.9 Å². The Balaban J connectivity index is 2.26. The summed E-state index contributed by atoms with van der Waals surface area (Å²) in [6.07, 6.45) is 1.97. The average Bonchev–Trinajstić information content (AvgIpc) is 2.99. The van der Waals surface area contributed by atoms with Gasteiger partial charge in [0.15, 0.2) is 0 Å². The summed E-state index contributed by atoms with van der Waals surface area (Å²) in [4.78, 5) is 14.0. The van der Waals surface area contributed by atoms with E-state index in [1.807, 2.05) is 6.07 Å². The van der Waals surface area contributed by atoms with Crippen LogP contribution < -0.4 is 4.31 Å². The van der Waals surface area contributed by atoms with Crippen molar-refractivity contribution in [2.75, 3.05) is 38.0 Å². The quantitative estimate of drug-likeness (QED) is 0.812. The van der Waals surface area contributed by atoms with Crippen LogP contribution in [0.3, 0.4) is 0 Å². The number of likely N-dealkylation sites (tertiary alicyclic amines) is 1. The fraction of sp³-hybridized carbons (Fsp3) is 0.500. The third kappa shape index (κ3) is 3.54. The Kier molecular flexibility index (Phi) is 4.84. The van der Waals surface area contributed by atoms with Crippen molar-refractivity contribution in [1.29, 1.82) is 0 Å². The minimum Gasteiger partial charge on any atom is -0.341 e. The first-order chi connectivity index (χ1) is 9.93. The third-order valence-electron chi connectivity index (χ3n) is 3.52. The molecule has 1 saturated heterocycles. The van der Waals surface area contributed by atoms with E-state index in [9.17, 15) is 13.2 Å². The normalized spacial score (nSPS) is 15.5. The van der Waals surface area contributed by atoms with Crippen molar-refractivity contribution in [3.63, 3.8) is 0 Å². The zero-order chi connectivity index (χ0) is 15.5. The predicted molar refractivity (Wildman–Crippen MR) is 82.2 cm³/mol. The van der Waals surface area contributed by atoms with Gasteiger partial charge in [-0.2, -0.15) is 12.7 Å². The van der Waals surface area contributed by atoms with Crippen molar-refractivity contribution < 1.29 is 13.2 Å². The third-order valence-corrected chi connectivity index (χ3v) is 5.34. The number of anilines is 1. The first-order valence-corrected chi connectivity index (χ1v) is 8.35. The zero-order valence-corrected chi connectivity index (χ0v) is 13.2. The van der Waals surface area contributed by atoms with E-state index in [1.165, 1.54) is 14.1 Å². The molecule has 1 heterocycles. The standard InChI is InChI=1S/C14H21N3O3S/c1-15(2)21(19,20)17(13-8-4-3-5-9-13)12-14(18)16-10-6-7-11-16/h3-5,8-9H,6-7,10-12H2,1-2H3. The minimum absolute atomic E-state index is 0.151. The Morgan fingerprint density at radius 2 is 1.71 bits per heavy atom. The van der Waals surface area contributed by atoms with Gasteiger partial charge in [0.05, 0.1) is 5.69 Å². The van der Waals surface area contributed by atoms with Crippen LogP contribution in [0, 0.1) is 0 Å². The summed E-state index contributed by atoms with van der Waals surface area (Å²) in [5.74, 6) is -0.151. The molecule has 1 aliphatic rings. The molecule has 0 saturated carbocycles. The molecule has 0 unspecified atom stereocenters. The molecular weight excluding hydrogens is 290 g/mol. The van der Waals surface area contributed by atoms with Crippen molar-refractivity contribution >= 4 is 21.8 Å². The number of hydrogen-bond acceptors (Lipinski definition) is 3. The van der Waals surface area contributed by atoms with Gasteiger partial charge in [-0.05, 0) is 25.0 Å². The number of para-hydroxylation sites is 1. The smallest absolute Gasteiger partial charge is 0.304 e. The summed E-state index contributed by atoms with van der Waals surface area (Å²) < 4.78 is 27.2. The SMILES string of the molecule is CN(C)S(=O)(=O)N(CC(=O)N1CCCC1)c1ccccc1. The maximum absolute atomic E-state index is 12.5. The van der Waals surface area contributed by atoms with E-state index in [-0.39, 0.29) is 12.5 Å². The number of amides is 1. The fourth-order valence-corrected chi connectivity index (χ4v) is 3.34. The number of benzene rings is 1. The van der Waals surface area contributed by atoms with Crippen LogP contribution in [0.25, 0.3) is 0 Å². The molecule has 6 nitrogen and oxygen atoms in total. The van der Waals surface area contributed by atoms with Gasteiger partial charge in [-0.25, -0.2) is 4.31 Å². The first-order valence-electron chi connectivity index (χ1n) is 6.96. The maximum Gasteiger partial charge on any atom is 0.304 e. The monoisotopic (exact) mass is 311 g/mol. The van der Waals surface area contributed by atoms with Crippen LogP contribution in [-0.2, 0) is 15.0 Å². The summed E-state index contributed by atoms with van der Waals surface area (Å²) in [5, 5.41) is 0. The molecule has 1 aromatic rings. The molecule has 116 valence electrons. The second-order valence-corrected chi connectivity index (χ2v) is 7.29. The van der Waals surface area contributed by atoms with E-state index in [2.05, 4.69) is 0 Å². The van der Waals surface area contributed by atoms with Crippen molar-refractivity contribution in [2.45, 2.75) is 12.8 Å². The summed E-state index contributed by atoms with van der Waals surface area (Å²) >= 11 is 0. The molecule has 0 N–H and O–H groups in total. The molecule has 1 fully saturated rings. The Bertz CT molecular complexity index is 581. The van der Waals surface area contributed by atoms with Crippen LogP contribution in [0.4, 0.5) is 5.69 Å². The molecule has 7 heteroatoms. The zero-order valence-electron chi connectivity index (χ0n) is 12.4. The Morgan fingerprint density at radius 3 is 2.24 bits per heavy atom. The van der Waals surface area contributed by atoms with Gasteiger partial charge < -0.3 is 4.90 Å². The van der Waals surface area contributed by atoms with Crippen molar-refractivity contribution in [1.82, 2.24) is 9.21 Å². The van der Waals surface area contributed by atoms with E-state index in [0.717, 1.165) is 21.5 Å². The summed E-state index contributed by atoms with van der Waals surface area (Å²) in [6, 6.07) is 8.71. The van der Waals surface area contributed by atoms with Gasteiger partial charge >= 0.3 is 10.2 Å². The van der Waals surface area contributed by atoms with Gasteiger partial charge in [0.25, 0.3) is 0 Å². The van der Waals surface area contributed by atoms with E-state index in [0.29, 0.717) is 18.8 Å². The molecule has 0 radical (unpaired) electrons. The second kappa shape index (κ2) is 6.44. The lowest BCUT2D eigenvalue weighted by molar-refractivity contribution is -0.128. The van der Waals surface area contributed by atoms with Crippen molar-refractivity contribution in [2.24, 2.45) is 0 Å². The fourth-order valence-electron chi connectivity index (χ4n) is 2.29. The second-order valence-electron chi connectivity index (χ2n) is 5.22. The lowest BCUT2D eigenvalue weighted by Gasteiger charge is -2.28. The van der Waals surface area contributed by atoms with Gasteiger partial charge in [0, 0.05) is 27.2 Å². The van der Waals surface area contributed by atoms with Gasteiger partial charge in [0.2, 0.25) is 5.91 Å². The summed E-state index contributed by atoms with van der Waals surface area (Å²) in [6.45, 7) is 1.26. The molecule has 1 aliphatic heterocycles. The van der Waals surface area contributed by atoms with Gasteiger partial charge in [0.1, 0.15) is 6.54 Å². The number of rotatable bonds is 5. The molecule has 0 atom stereocenters. The summed E-state index contributed by atoms with van der Waals surface area (Å²) in [5.41, 5.74) is 0.499. The molecule has 0 spiro atoms. The molecule has 2 rings (SSSR count). The minimum atomic E-state index is -3.70.